The minimum Gasteiger partial charge on any atom is -0.350 e. The summed E-state index contributed by atoms with van der Waals surface area (Å²) in [5, 5.41) is 15.2. The van der Waals surface area contributed by atoms with Crippen LogP contribution in [-0.4, -0.2) is 37.2 Å². The number of amides is 1. The van der Waals surface area contributed by atoms with Crippen molar-refractivity contribution in [2.24, 2.45) is 0 Å². The van der Waals surface area contributed by atoms with Gasteiger partial charge in [0.05, 0.1) is 11.3 Å². The fourth-order valence-electron chi connectivity index (χ4n) is 2.87. The van der Waals surface area contributed by atoms with E-state index in [2.05, 4.69) is 59.5 Å². The molecule has 4 rings (SSSR count). The molecule has 2 heterocycles. The zero-order valence-electron chi connectivity index (χ0n) is 13.7. The number of aromatic nitrogens is 5. The Morgan fingerprint density at radius 3 is 2.88 bits per heavy atom. The number of benzene rings is 2. The minimum atomic E-state index is -0.159. The molecule has 130 valence electrons. The van der Waals surface area contributed by atoms with Crippen molar-refractivity contribution in [3.05, 3.63) is 71.1 Å². The molecule has 0 aliphatic rings. The molecule has 1 amide bonds. The second kappa shape index (κ2) is 7.09. The van der Waals surface area contributed by atoms with Crippen molar-refractivity contribution < 1.29 is 4.79 Å². The SMILES string of the molecule is O=C(NCCn1ccc2ccc(Br)cc21)c1ccccc1-n1cnnn1. The second-order valence-corrected chi connectivity index (χ2v) is 6.66. The van der Waals surface area contributed by atoms with Crippen LogP contribution >= 0.6 is 15.9 Å². The molecule has 0 aliphatic carbocycles. The highest BCUT2D eigenvalue weighted by molar-refractivity contribution is 9.10. The molecule has 0 fully saturated rings. The Labute approximate surface area is 157 Å². The van der Waals surface area contributed by atoms with Gasteiger partial charge >= 0.3 is 0 Å². The first kappa shape index (κ1) is 16.5. The highest BCUT2D eigenvalue weighted by atomic mass is 79.9. The van der Waals surface area contributed by atoms with Gasteiger partial charge < -0.3 is 9.88 Å². The number of halogens is 1. The van der Waals surface area contributed by atoms with Crippen LogP contribution in [0.4, 0.5) is 0 Å². The summed E-state index contributed by atoms with van der Waals surface area (Å²) in [5.74, 6) is -0.159. The van der Waals surface area contributed by atoms with Crippen LogP contribution in [0.2, 0.25) is 0 Å². The standard InChI is InChI=1S/C18H15BrN6O/c19-14-6-5-13-7-9-24(17(13)11-14)10-8-20-18(26)15-3-1-2-4-16(15)25-12-21-22-23-25/h1-7,9,11-12H,8,10H2,(H,20,26). The molecule has 8 heteroatoms. The van der Waals surface area contributed by atoms with E-state index in [1.807, 2.05) is 30.5 Å². The van der Waals surface area contributed by atoms with E-state index < -0.39 is 0 Å². The molecule has 0 spiro atoms. The van der Waals surface area contributed by atoms with Gasteiger partial charge in [-0.1, -0.05) is 34.1 Å². The first-order valence-electron chi connectivity index (χ1n) is 8.07. The molecule has 0 atom stereocenters. The normalized spacial score (nSPS) is 11.0. The lowest BCUT2D eigenvalue weighted by atomic mass is 10.1. The first-order valence-corrected chi connectivity index (χ1v) is 8.87. The van der Waals surface area contributed by atoms with Gasteiger partial charge in [0.1, 0.15) is 6.33 Å². The summed E-state index contributed by atoms with van der Waals surface area (Å²) < 4.78 is 4.63. The molecule has 0 saturated heterocycles. The lowest BCUT2D eigenvalue weighted by Crippen LogP contribution is -2.28. The maximum absolute atomic E-state index is 12.6. The average molecular weight is 411 g/mol. The number of hydrogen-bond donors (Lipinski definition) is 1. The fraction of sp³-hybridized carbons (Fsp3) is 0.111. The van der Waals surface area contributed by atoms with Crippen LogP contribution in [0.15, 0.2) is 65.5 Å². The van der Waals surface area contributed by atoms with Crippen LogP contribution in [0.5, 0.6) is 0 Å². The van der Waals surface area contributed by atoms with Gasteiger partial charge in [0.2, 0.25) is 0 Å². The summed E-state index contributed by atoms with van der Waals surface area (Å²) >= 11 is 3.50. The van der Waals surface area contributed by atoms with Crippen LogP contribution in [0, 0.1) is 0 Å². The number of fused-ring (bicyclic) bond motifs is 1. The number of hydrogen-bond acceptors (Lipinski definition) is 4. The molecular formula is C18H15BrN6O. The van der Waals surface area contributed by atoms with Crippen molar-refractivity contribution in [2.45, 2.75) is 6.54 Å². The number of rotatable bonds is 5. The van der Waals surface area contributed by atoms with Crippen molar-refractivity contribution in [3.8, 4) is 5.69 Å². The van der Waals surface area contributed by atoms with Gasteiger partial charge in [0.15, 0.2) is 0 Å². The molecule has 4 aromatic rings. The van der Waals surface area contributed by atoms with Gasteiger partial charge in [-0.3, -0.25) is 4.79 Å². The number of para-hydroxylation sites is 1. The van der Waals surface area contributed by atoms with Crippen LogP contribution in [0.1, 0.15) is 10.4 Å². The molecule has 7 nitrogen and oxygen atoms in total. The first-order chi connectivity index (χ1) is 12.7. The largest absolute Gasteiger partial charge is 0.350 e. The summed E-state index contributed by atoms with van der Waals surface area (Å²) in [7, 11) is 0. The van der Waals surface area contributed by atoms with Crippen molar-refractivity contribution in [3.63, 3.8) is 0 Å². The third-order valence-electron chi connectivity index (χ3n) is 4.12. The van der Waals surface area contributed by atoms with E-state index >= 15 is 0 Å². The Hall–Kier alpha value is -3.00. The quantitative estimate of drug-likeness (QED) is 0.548. The number of tetrazole rings is 1. The smallest absolute Gasteiger partial charge is 0.253 e. The Morgan fingerprint density at radius 2 is 2.04 bits per heavy atom. The number of nitrogens with one attached hydrogen (secondary N) is 1. The molecular weight excluding hydrogens is 396 g/mol. The topological polar surface area (TPSA) is 77.6 Å². The number of carbonyl (C=O) groups is 1. The number of nitrogens with zero attached hydrogens (tertiary/aromatic N) is 5. The molecule has 0 saturated carbocycles. The van der Waals surface area contributed by atoms with Gasteiger partial charge in [0.25, 0.3) is 5.91 Å². The second-order valence-electron chi connectivity index (χ2n) is 5.74. The lowest BCUT2D eigenvalue weighted by Gasteiger charge is -2.10. The van der Waals surface area contributed by atoms with Crippen LogP contribution in [-0.2, 0) is 6.54 Å². The Balaban J connectivity index is 1.47. The average Bonchev–Trinajstić information content (AvgIpc) is 3.32. The zero-order chi connectivity index (χ0) is 17.9. The van der Waals surface area contributed by atoms with Crippen LogP contribution in [0.3, 0.4) is 0 Å². The highest BCUT2D eigenvalue weighted by Crippen LogP contribution is 2.20. The molecule has 2 aromatic heterocycles. The van der Waals surface area contributed by atoms with Gasteiger partial charge in [-0.05, 0) is 46.1 Å². The predicted octanol–water partition coefficient (Wildman–Crippen LogP) is 2.81. The third-order valence-corrected chi connectivity index (χ3v) is 4.61. The zero-order valence-corrected chi connectivity index (χ0v) is 15.3. The van der Waals surface area contributed by atoms with Gasteiger partial charge in [-0.25, -0.2) is 0 Å². The van der Waals surface area contributed by atoms with Crippen LogP contribution < -0.4 is 5.32 Å². The maximum atomic E-state index is 12.6. The molecule has 0 aliphatic heterocycles. The maximum Gasteiger partial charge on any atom is 0.253 e. The van der Waals surface area contributed by atoms with E-state index in [-0.39, 0.29) is 5.91 Å². The predicted molar refractivity (Wildman–Crippen MR) is 101 cm³/mol. The van der Waals surface area contributed by atoms with E-state index in [1.54, 1.807) is 6.07 Å². The third kappa shape index (κ3) is 3.23. The van der Waals surface area contributed by atoms with Crippen LogP contribution in [0.25, 0.3) is 16.6 Å². The van der Waals surface area contributed by atoms with E-state index in [0.29, 0.717) is 24.3 Å². The summed E-state index contributed by atoms with van der Waals surface area (Å²) in [4.78, 5) is 12.6. The van der Waals surface area contributed by atoms with Gasteiger partial charge in [-0.2, -0.15) is 4.68 Å². The fourth-order valence-corrected chi connectivity index (χ4v) is 3.22. The van der Waals surface area contributed by atoms with E-state index in [0.717, 1.165) is 9.99 Å². The van der Waals surface area contributed by atoms with E-state index in [1.165, 1.54) is 16.4 Å². The summed E-state index contributed by atoms with van der Waals surface area (Å²) in [6, 6.07) is 15.5. The van der Waals surface area contributed by atoms with Crippen molar-refractivity contribution >= 4 is 32.7 Å². The number of carbonyl (C=O) groups excluding carboxylic acids is 1. The highest BCUT2D eigenvalue weighted by Gasteiger charge is 2.13. The van der Waals surface area contributed by atoms with Gasteiger partial charge in [0, 0.05) is 29.3 Å². The van der Waals surface area contributed by atoms with Crippen molar-refractivity contribution in [2.75, 3.05) is 6.54 Å². The minimum absolute atomic E-state index is 0.159. The Morgan fingerprint density at radius 1 is 1.15 bits per heavy atom. The van der Waals surface area contributed by atoms with E-state index in [4.69, 9.17) is 0 Å². The molecule has 0 bridgehead atoms. The monoisotopic (exact) mass is 410 g/mol. The molecule has 26 heavy (non-hydrogen) atoms. The summed E-state index contributed by atoms with van der Waals surface area (Å²) in [6.07, 6.45) is 3.49. The van der Waals surface area contributed by atoms with Crippen molar-refractivity contribution in [1.82, 2.24) is 30.1 Å². The molecule has 2 aromatic carbocycles. The molecule has 1 N–H and O–H groups in total. The van der Waals surface area contributed by atoms with Crippen molar-refractivity contribution in [1.29, 1.82) is 0 Å². The van der Waals surface area contributed by atoms with E-state index in [9.17, 15) is 4.79 Å². The Kier molecular flexibility index (Phi) is 4.49. The summed E-state index contributed by atoms with van der Waals surface area (Å²) in [5.41, 5.74) is 2.30. The molecule has 0 unspecified atom stereocenters. The Bertz CT molecular complexity index is 1060. The lowest BCUT2D eigenvalue weighted by molar-refractivity contribution is 0.0952. The van der Waals surface area contributed by atoms with Gasteiger partial charge in [-0.15, -0.1) is 5.10 Å². The molecule has 0 radical (unpaired) electrons. The summed E-state index contributed by atoms with van der Waals surface area (Å²) in [6.45, 7) is 1.19.